The number of likely N-dealkylation sites (tertiary alicyclic amines) is 1. The molecule has 4 aliphatic heterocycles. The highest BCUT2D eigenvalue weighted by Crippen LogP contribution is 2.57. The number of hydrogen-bond acceptors (Lipinski definition) is 6. The number of cyclic esters (lactones) is 1. The van der Waals surface area contributed by atoms with E-state index < -0.39 is 41.1 Å². The Morgan fingerprint density at radius 2 is 1.81 bits per heavy atom. The van der Waals surface area contributed by atoms with Crippen LogP contribution in [0.15, 0.2) is 24.3 Å². The Kier molecular flexibility index (Phi) is 5.29. The molecule has 31 heavy (non-hydrogen) atoms. The quantitative estimate of drug-likeness (QED) is 0.524. The SMILES string of the molecule is CC(C)[C@H](CO)N1C(=O)[C@@H]2[C@H]3C(=O)OCC=C[C@@]3(C)O[C@@]23C=CCN(C(C)C)C(=O)C13. The zero-order chi connectivity index (χ0) is 22.7. The molecule has 2 amide bonds. The van der Waals surface area contributed by atoms with Crippen LogP contribution in [-0.2, 0) is 23.9 Å². The fourth-order valence-corrected chi connectivity index (χ4v) is 5.75. The second-order valence-electron chi connectivity index (χ2n) is 9.76. The molecule has 0 radical (unpaired) electrons. The van der Waals surface area contributed by atoms with E-state index in [-0.39, 0.29) is 37.0 Å². The van der Waals surface area contributed by atoms with Crippen molar-refractivity contribution >= 4 is 17.8 Å². The Labute approximate surface area is 182 Å². The van der Waals surface area contributed by atoms with Crippen molar-refractivity contribution in [3.8, 4) is 0 Å². The molecular weight excluding hydrogens is 400 g/mol. The fraction of sp³-hybridized carbons (Fsp3) is 0.696. The van der Waals surface area contributed by atoms with Gasteiger partial charge >= 0.3 is 5.97 Å². The van der Waals surface area contributed by atoms with Gasteiger partial charge in [0.2, 0.25) is 11.8 Å². The second kappa shape index (κ2) is 7.45. The standard InChI is InChI=1S/C23H32N2O6/c1-13(2)15(12-26)25-18-20(28)24(14(3)4)10-6-9-23(18)16(19(25)27)17-21(29)30-11-7-8-22(17,5)31-23/h6-9,13-18,26H,10-12H2,1-5H3/t15-,16-,17-,18?,22+,23-/m0/s1. The summed E-state index contributed by atoms with van der Waals surface area (Å²) in [4.78, 5) is 44.0. The molecule has 170 valence electrons. The Morgan fingerprint density at radius 3 is 2.42 bits per heavy atom. The van der Waals surface area contributed by atoms with Gasteiger partial charge in [0.25, 0.3) is 0 Å². The maximum Gasteiger partial charge on any atom is 0.313 e. The minimum atomic E-state index is -1.31. The van der Waals surface area contributed by atoms with Gasteiger partial charge in [-0.25, -0.2) is 0 Å². The number of carbonyl (C=O) groups is 3. The number of nitrogens with zero attached hydrogens (tertiary/aromatic N) is 2. The first-order chi connectivity index (χ1) is 14.6. The van der Waals surface area contributed by atoms with E-state index in [1.54, 1.807) is 30.1 Å². The number of aliphatic hydroxyl groups is 1. The molecule has 1 unspecified atom stereocenters. The Bertz CT molecular complexity index is 851. The van der Waals surface area contributed by atoms with Crippen molar-refractivity contribution in [2.75, 3.05) is 19.8 Å². The van der Waals surface area contributed by atoms with Crippen LogP contribution < -0.4 is 0 Å². The number of hydrogen-bond donors (Lipinski definition) is 1. The maximum atomic E-state index is 13.9. The summed E-state index contributed by atoms with van der Waals surface area (Å²) in [6.07, 6.45) is 7.16. The predicted molar refractivity (Wildman–Crippen MR) is 112 cm³/mol. The van der Waals surface area contributed by atoms with Gasteiger partial charge in [0.15, 0.2) is 0 Å². The molecule has 4 aliphatic rings. The van der Waals surface area contributed by atoms with Crippen molar-refractivity contribution in [1.29, 1.82) is 0 Å². The largest absolute Gasteiger partial charge is 0.461 e. The van der Waals surface area contributed by atoms with Crippen molar-refractivity contribution in [2.45, 2.75) is 63.9 Å². The predicted octanol–water partition coefficient (Wildman–Crippen LogP) is 0.894. The molecule has 0 aromatic heterocycles. The summed E-state index contributed by atoms with van der Waals surface area (Å²) in [6.45, 7) is 9.66. The number of fused-ring (bicyclic) bond motifs is 2. The van der Waals surface area contributed by atoms with E-state index in [0.29, 0.717) is 6.54 Å². The molecule has 4 heterocycles. The lowest BCUT2D eigenvalue weighted by Gasteiger charge is -2.41. The third-order valence-electron chi connectivity index (χ3n) is 7.22. The number of carbonyl (C=O) groups excluding carboxylic acids is 3. The average molecular weight is 433 g/mol. The molecule has 6 atom stereocenters. The number of amides is 2. The molecule has 8 heteroatoms. The van der Waals surface area contributed by atoms with Gasteiger partial charge in [0.1, 0.15) is 24.2 Å². The lowest BCUT2D eigenvalue weighted by Crippen LogP contribution is -2.60. The van der Waals surface area contributed by atoms with Gasteiger partial charge in [-0.2, -0.15) is 0 Å². The fourth-order valence-electron chi connectivity index (χ4n) is 5.75. The lowest BCUT2D eigenvalue weighted by molar-refractivity contribution is -0.161. The molecule has 4 rings (SSSR count). The van der Waals surface area contributed by atoms with Crippen molar-refractivity contribution < 1.29 is 29.0 Å². The van der Waals surface area contributed by atoms with E-state index in [1.165, 1.54) is 4.90 Å². The van der Waals surface area contributed by atoms with Gasteiger partial charge in [-0.05, 0) is 32.8 Å². The van der Waals surface area contributed by atoms with Crippen LogP contribution >= 0.6 is 0 Å². The lowest BCUT2D eigenvalue weighted by atomic mass is 9.75. The molecule has 0 aromatic rings. The molecule has 0 aromatic carbocycles. The van der Waals surface area contributed by atoms with Gasteiger partial charge in [-0.3, -0.25) is 14.4 Å². The number of esters is 1. The third kappa shape index (κ3) is 2.98. The molecule has 2 saturated heterocycles. The Morgan fingerprint density at radius 1 is 1.10 bits per heavy atom. The Hall–Kier alpha value is -2.19. The first kappa shape index (κ1) is 22.0. The molecule has 0 saturated carbocycles. The summed E-state index contributed by atoms with van der Waals surface area (Å²) in [5.74, 6) is -2.95. The summed E-state index contributed by atoms with van der Waals surface area (Å²) in [5, 5.41) is 10.2. The van der Waals surface area contributed by atoms with E-state index in [4.69, 9.17) is 9.47 Å². The van der Waals surface area contributed by atoms with Crippen LogP contribution in [0.2, 0.25) is 0 Å². The summed E-state index contributed by atoms with van der Waals surface area (Å²) in [7, 11) is 0. The van der Waals surface area contributed by atoms with E-state index in [0.717, 1.165) is 0 Å². The zero-order valence-electron chi connectivity index (χ0n) is 18.8. The number of rotatable bonds is 4. The van der Waals surface area contributed by atoms with Crippen LogP contribution in [0.3, 0.4) is 0 Å². The van der Waals surface area contributed by atoms with Gasteiger partial charge in [0.05, 0.1) is 24.2 Å². The molecule has 1 N–H and O–H groups in total. The van der Waals surface area contributed by atoms with Crippen LogP contribution in [0, 0.1) is 17.8 Å². The molecule has 8 nitrogen and oxygen atoms in total. The number of aliphatic hydroxyl groups excluding tert-OH is 1. The molecule has 1 spiro atoms. The molecule has 2 fully saturated rings. The maximum absolute atomic E-state index is 13.9. The van der Waals surface area contributed by atoms with E-state index in [9.17, 15) is 19.5 Å². The van der Waals surface area contributed by atoms with Crippen LogP contribution in [-0.4, -0.2) is 81.8 Å². The first-order valence-electron chi connectivity index (χ1n) is 11.0. The highest BCUT2D eigenvalue weighted by atomic mass is 16.6. The summed E-state index contributed by atoms with van der Waals surface area (Å²) in [6, 6.07) is -1.62. The zero-order valence-corrected chi connectivity index (χ0v) is 18.8. The van der Waals surface area contributed by atoms with Gasteiger partial charge in [-0.15, -0.1) is 0 Å². The van der Waals surface area contributed by atoms with Gasteiger partial charge < -0.3 is 24.4 Å². The molecule has 0 aliphatic carbocycles. The van der Waals surface area contributed by atoms with Crippen molar-refractivity contribution in [3.63, 3.8) is 0 Å². The highest BCUT2D eigenvalue weighted by Gasteiger charge is 2.75. The second-order valence-corrected chi connectivity index (χ2v) is 9.76. The van der Waals surface area contributed by atoms with Crippen LogP contribution in [0.5, 0.6) is 0 Å². The van der Waals surface area contributed by atoms with E-state index in [2.05, 4.69) is 0 Å². The van der Waals surface area contributed by atoms with Gasteiger partial charge in [0, 0.05) is 12.6 Å². The molecular formula is C23H32N2O6. The summed E-state index contributed by atoms with van der Waals surface area (Å²) >= 11 is 0. The first-order valence-corrected chi connectivity index (χ1v) is 11.0. The van der Waals surface area contributed by atoms with E-state index >= 15 is 0 Å². The highest BCUT2D eigenvalue weighted by molar-refractivity contribution is 5.99. The van der Waals surface area contributed by atoms with Crippen LogP contribution in [0.25, 0.3) is 0 Å². The monoisotopic (exact) mass is 432 g/mol. The van der Waals surface area contributed by atoms with Crippen molar-refractivity contribution in [3.05, 3.63) is 24.3 Å². The normalized spacial score (nSPS) is 38.2. The number of ether oxygens (including phenoxy) is 2. The third-order valence-corrected chi connectivity index (χ3v) is 7.22. The van der Waals surface area contributed by atoms with Crippen LogP contribution in [0.1, 0.15) is 34.6 Å². The summed E-state index contributed by atoms with van der Waals surface area (Å²) < 4.78 is 12.0. The van der Waals surface area contributed by atoms with Crippen LogP contribution in [0.4, 0.5) is 0 Å². The summed E-state index contributed by atoms with van der Waals surface area (Å²) in [5.41, 5.74) is -2.37. The smallest absolute Gasteiger partial charge is 0.313 e. The van der Waals surface area contributed by atoms with Gasteiger partial charge in [-0.1, -0.05) is 32.1 Å². The topological polar surface area (TPSA) is 96.4 Å². The average Bonchev–Trinajstić information content (AvgIpc) is 2.93. The van der Waals surface area contributed by atoms with Crippen molar-refractivity contribution in [2.24, 2.45) is 17.8 Å². The van der Waals surface area contributed by atoms with Crippen molar-refractivity contribution in [1.82, 2.24) is 9.80 Å². The van der Waals surface area contributed by atoms with E-state index in [1.807, 2.05) is 33.8 Å². The minimum Gasteiger partial charge on any atom is -0.461 e. The minimum absolute atomic E-state index is 0.0812. The Balaban J connectivity index is 1.93. The molecule has 0 bridgehead atoms.